The Hall–Kier alpha value is -1.76. The molecule has 0 aliphatic rings. The fourth-order valence-corrected chi connectivity index (χ4v) is 1.47. The maximum absolute atomic E-state index is 11.8. The number of aromatic nitrogens is 1. The first-order chi connectivity index (χ1) is 8.56. The standard InChI is InChI=1S/C11H11F3N2O2/c12-11(13,14)7-17-6-4-16-10-8-2-5-18-9(8)1-3-15-10/h1-3,5H,4,6-7H2,(H,15,16). The van der Waals surface area contributed by atoms with Gasteiger partial charge in [-0.3, -0.25) is 0 Å². The van der Waals surface area contributed by atoms with Gasteiger partial charge in [0.25, 0.3) is 0 Å². The van der Waals surface area contributed by atoms with Crippen LogP contribution in [-0.4, -0.2) is 30.9 Å². The summed E-state index contributed by atoms with van der Waals surface area (Å²) in [5, 5.41) is 3.68. The third-order valence-corrected chi connectivity index (χ3v) is 2.18. The number of nitrogens with zero attached hydrogens (tertiary/aromatic N) is 1. The molecule has 0 unspecified atom stereocenters. The van der Waals surface area contributed by atoms with E-state index in [0.29, 0.717) is 11.4 Å². The lowest BCUT2D eigenvalue weighted by molar-refractivity contribution is -0.172. The highest BCUT2D eigenvalue weighted by atomic mass is 19.4. The van der Waals surface area contributed by atoms with Crippen LogP contribution >= 0.6 is 0 Å². The molecular weight excluding hydrogens is 249 g/mol. The molecule has 0 saturated carbocycles. The fraction of sp³-hybridized carbons (Fsp3) is 0.364. The molecule has 0 atom stereocenters. The Morgan fingerprint density at radius 3 is 2.94 bits per heavy atom. The van der Waals surface area contributed by atoms with Gasteiger partial charge in [0.15, 0.2) is 0 Å². The van der Waals surface area contributed by atoms with Crippen molar-refractivity contribution in [3.8, 4) is 0 Å². The van der Waals surface area contributed by atoms with Gasteiger partial charge >= 0.3 is 6.18 Å². The van der Waals surface area contributed by atoms with E-state index >= 15 is 0 Å². The van der Waals surface area contributed by atoms with Crippen LogP contribution in [0.25, 0.3) is 11.0 Å². The fourth-order valence-electron chi connectivity index (χ4n) is 1.47. The number of halogens is 3. The quantitative estimate of drug-likeness (QED) is 0.840. The number of furan rings is 1. The van der Waals surface area contributed by atoms with Crippen LogP contribution in [0.2, 0.25) is 0 Å². The Balaban J connectivity index is 1.82. The SMILES string of the molecule is FC(F)(F)COCCNc1nccc2occc12. The molecule has 2 aromatic rings. The van der Waals surface area contributed by atoms with Crippen LogP contribution in [0.4, 0.5) is 19.0 Å². The van der Waals surface area contributed by atoms with Crippen LogP contribution in [0.15, 0.2) is 29.0 Å². The monoisotopic (exact) mass is 260 g/mol. The Labute approximate surface area is 101 Å². The molecule has 0 fully saturated rings. The van der Waals surface area contributed by atoms with E-state index in [0.717, 1.165) is 5.39 Å². The number of anilines is 1. The topological polar surface area (TPSA) is 47.3 Å². The lowest BCUT2D eigenvalue weighted by Crippen LogP contribution is -2.20. The average molecular weight is 260 g/mol. The second-order valence-electron chi connectivity index (χ2n) is 3.59. The summed E-state index contributed by atoms with van der Waals surface area (Å²) in [6.45, 7) is -1.04. The van der Waals surface area contributed by atoms with Crippen molar-refractivity contribution in [1.29, 1.82) is 0 Å². The van der Waals surface area contributed by atoms with Crippen molar-refractivity contribution in [1.82, 2.24) is 4.98 Å². The smallest absolute Gasteiger partial charge is 0.411 e. The van der Waals surface area contributed by atoms with E-state index in [1.165, 1.54) is 6.26 Å². The Bertz CT molecular complexity index is 510. The number of hydrogen-bond acceptors (Lipinski definition) is 4. The van der Waals surface area contributed by atoms with Gasteiger partial charge in [-0.05, 0) is 12.1 Å². The van der Waals surface area contributed by atoms with Crippen molar-refractivity contribution in [2.24, 2.45) is 0 Å². The van der Waals surface area contributed by atoms with Crippen molar-refractivity contribution in [3.05, 3.63) is 24.6 Å². The first kappa shape index (κ1) is 12.7. The van der Waals surface area contributed by atoms with Crippen LogP contribution in [0.1, 0.15) is 0 Å². The van der Waals surface area contributed by atoms with Crippen molar-refractivity contribution in [3.63, 3.8) is 0 Å². The first-order valence-electron chi connectivity index (χ1n) is 5.27. The van der Waals surface area contributed by atoms with E-state index < -0.39 is 12.8 Å². The third kappa shape index (κ3) is 3.36. The minimum Gasteiger partial charge on any atom is -0.464 e. The summed E-state index contributed by atoms with van der Waals surface area (Å²) in [6.07, 6.45) is -1.20. The molecule has 0 aromatic carbocycles. The highest BCUT2D eigenvalue weighted by Gasteiger charge is 2.27. The lowest BCUT2D eigenvalue weighted by Gasteiger charge is -2.09. The molecule has 1 N–H and O–H groups in total. The van der Waals surface area contributed by atoms with Crippen LogP contribution in [0, 0.1) is 0 Å². The molecule has 0 radical (unpaired) electrons. The number of rotatable bonds is 5. The van der Waals surface area contributed by atoms with Crippen molar-refractivity contribution >= 4 is 16.8 Å². The van der Waals surface area contributed by atoms with Crippen LogP contribution < -0.4 is 5.32 Å². The van der Waals surface area contributed by atoms with E-state index in [1.807, 2.05) is 0 Å². The summed E-state index contributed by atoms with van der Waals surface area (Å²) in [5.41, 5.74) is 0.670. The van der Waals surface area contributed by atoms with Crippen LogP contribution in [0.3, 0.4) is 0 Å². The summed E-state index contributed by atoms with van der Waals surface area (Å²) >= 11 is 0. The van der Waals surface area contributed by atoms with Gasteiger partial charge in [-0.1, -0.05) is 0 Å². The van der Waals surface area contributed by atoms with Crippen molar-refractivity contribution in [2.75, 3.05) is 25.1 Å². The molecule has 2 rings (SSSR count). The second kappa shape index (κ2) is 5.26. The van der Waals surface area contributed by atoms with Crippen molar-refractivity contribution < 1.29 is 22.3 Å². The van der Waals surface area contributed by atoms with Gasteiger partial charge in [0, 0.05) is 12.7 Å². The number of alkyl halides is 3. The summed E-state index contributed by atoms with van der Waals surface area (Å²) in [4.78, 5) is 4.08. The zero-order chi connectivity index (χ0) is 13.0. The molecule has 2 heterocycles. The molecule has 98 valence electrons. The van der Waals surface area contributed by atoms with Gasteiger partial charge in [0.05, 0.1) is 18.3 Å². The van der Waals surface area contributed by atoms with E-state index in [2.05, 4.69) is 15.0 Å². The van der Waals surface area contributed by atoms with E-state index in [1.54, 1.807) is 18.3 Å². The Morgan fingerprint density at radius 2 is 2.17 bits per heavy atom. The number of nitrogens with one attached hydrogen (secondary N) is 1. The largest absolute Gasteiger partial charge is 0.464 e. The lowest BCUT2D eigenvalue weighted by atomic mass is 10.3. The Kier molecular flexibility index (Phi) is 3.71. The number of hydrogen-bond donors (Lipinski definition) is 1. The summed E-state index contributed by atoms with van der Waals surface area (Å²) in [7, 11) is 0. The highest BCUT2D eigenvalue weighted by molar-refractivity contribution is 5.87. The number of pyridine rings is 1. The van der Waals surface area contributed by atoms with Gasteiger partial charge in [-0.25, -0.2) is 4.98 Å². The zero-order valence-electron chi connectivity index (χ0n) is 9.33. The van der Waals surface area contributed by atoms with Crippen molar-refractivity contribution in [2.45, 2.75) is 6.18 Å². The Morgan fingerprint density at radius 1 is 1.33 bits per heavy atom. The molecule has 4 nitrogen and oxygen atoms in total. The summed E-state index contributed by atoms with van der Waals surface area (Å²) in [6, 6.07) is 3.45. The van der Waals surface area contributed by atoms with E-state index in [9.17, 15) is 13.2 Å². The normalized spacial score (nSPS) is 11.9. The molecule has 2 aromatic heterocycles. The maximum atomic E-state index is 11.8. The predicted molar refractivity (Wildman–Crippen MR) is 59.4 cm³/mol. The minimum atomic E-state index is -4.29. The van der Waals surface area contributed by atoms with E-state index in [-0.39, 0.29) is 13.2 Å². The number of ether oxygens (including phenoxy) is 1. The van der Waals surface area contributed by atoms with Gasteiger partial charge < -0.3 is 14.5 Å². The first-order valence-corrected chi connectivity index (χ1v) is 5.27. The summed E-state index contributed by atoms with van der Waals surface area (Å²) < 4.78 is 45.1. The van der Waals surface area contributed by atoms with Crippen LogP contribution in [0.5, 0.6) is 0 Å². The van der Waals surface area contributed by atoms with E-state index in [4.69, 9.17) is 4.42 Å². The van der Waals surface area contributed by atoms with Gasteiger partial charge in [-0.2, -0.15) is 13.2 Å². The molecule has 18 heavy (non-hydrogen) atoms. The molecular formula is C11H11F3N2O2. The molecule has 7 heteroatoms. The van der Waals surface area contributed by atoms with Gasteiger partial charge in [0.2, 0.25) is 0 Å². The highest BCUT2D eigenvalue weighted by Crippen LogP contribution is 2.21. The van der Waals surface area contributed by atoms with Gasteiger partial charge in [-0.15, -0.1) is 0 Å². The molecule has 0 aliphatic heterocycles. The molecule has 0 aliphatic carbocycles. The summed E-state index contributed by atoms with van der Waals surface area (Å²) in [5.74, 6) is 0.567. The predicted octanol–water partition coefficient (Wildman–Crippen LogP) is 2.82. The molecule has 0 bridgehead atoms. The number of fused-ring (bicyclic) bond motifs is 1. The zero-order valence-corrected chi connectivity index (χ0v) is 9.33. The van der Waals surface area contributed by atoms with Gasteiger partial charge in [0.1, 0.15) is 18.0 Å². The average Bonchev–Trinajstić information content (AvgIpc) is 2.75. The van der Waals surface area contributed by atoms with Crippen LogP contribution in [-0.2, 0) is 4.74 Å². The molecule has 0 spiro atoms. The third-order valence-electron chi connectivity index (χ3n) is 2.18. The molecule has 0 saturated heterocycles. The minimum absolute atomic E-state index is 0.0462. The maximum Gasteiger partial charge on any atom is 0.411 e. The second-order valence-corrected chi connectivity index (χ2v) is 3.59. The molecule has 0 amide bonds.